The van der Waals surface area contributed by atoms with Gasteiger partial charge in [-0.3, -0.25) is 4.79 Å². The highest BCUT2D eigenvalue weighted by molar-refractivity contribution is 6.11. The Morgan fingerprint density at radius 2 is 2.00 bits per heavy atom. The summed E-state index contributed by atoms with van der Waals surface area (Å²) < 4.78 is 16.7. The summed E-state index contributed by atoms with van der Waals surface area (Å²) in [6, 6.07) is 8.72. The molecule has 0 spiro atoms. The highest BCUT2D eigenvalue weighted by atomic mass is 19.1. The lowest BCUT2D eigenvalue weighted by molar-refractivity contribution is -0.112. The van der Waals surface area contributed by atoms with Gasteiger partial charge in [0.1, 0.15) is 23.1 Å². The zero-order chi connectivity index (χ0) is 21.8. The molecule has 1 aromatic carbocycles. The second-order valence-electron chi connectivity index (χ2n) is 8.28. The van der Waals surface area contributed by atoms with E-state index in [1.807, 2.05) is 26.0 Å². The van der Waals surface area contributed by atoms with E-state index >= 15 is 0 Å². The average Bonchev–Trinajstić information content (AvgIpc) is 3.32. The molecule has 2 heterocycles. The molecule has 0 atom stereocenters. The maximum absolute atomic E-state index is 14.6. The van der Waals surface area contributed by atoms with Crippen LogP contribution >= 0.6 is 0 Å². The van der Waals surface area contributed by atoms with Crippen molar-refractivity contribution in [3.63, 3.8) is 0 Å². The molecule has 158 valence electrons. The number of hydrogen-bond acceptors (Lipinski definition) is 3. The van der Waals surface area contributed by atoms with E-state index in [2.05, 4.69) is 28.6 Å². The Kier molecular flexibility index (Phi) is 6.61. The number of hydrogen-bond donors (Lipinski definition) is 1. The van der Waals surface area contributed by atoms with Crippen LogP contribution in [-0.2, 0) is 11.3 Å². The van der Waals surface area contributed by atoms with Gasteiger partial charge in [0.2, 0.25) is 0 Å². The number of rotatable bonds is 6. The minimum absolute atomic E-state index is 0.0459. The highest BCUT2D eigenvalue weighted by Gasteiger charge is 2.21. The number of nitrogens with one attached hydrogen (secondary N) is 1. The number of nitrogens with zero attached hydrogens (tertiary/aromatic N) is 3. The molecule has 1 aliphatic rings. The van der Waals surface area contributed by atoms with Gasteiger partial charge in [0.25, 0.3) is 5.91 Å². The van der Waals surface area contributed by atoms with E-state index in [0.29, 0.717) is 11.6 Å². The SMILES string of the molecule is Cc1cc(/C=C(\C#N)C(=O)Nc2c(F)cccc2N2CCCC2)c(C)n1CC(C)C. The van der Waals surface area contributed by atoms with E-state index in [0.717, 1.165) is 49.4 Å². The maximum atomic E-state index is 14.6. The Morgan fingerprint density at radius 1 is 1.30 bits per heavy atom. The molecule has 2 aromatic rings. The molecule has 6 heteroatoms. The Labute approximate surface area is 177 Å². The van der Waals surface area contributed by atoms with Crippen molar-refractivity contribution in [2.24, 2.45) is 5.92 Å². The number of aryl methyl sites for hydroxylation is 1. The number of para-hydroxylation sites is 1. The van der Waals surface area contributed by atoms with E-state index in [-0.39, 0.29) is 11.3 Å². The monoisotopic (exact) mass is 408 g/mol. The van der Waals surface area contributed by atoms with Crippen LogP contribution in [0.5, 0.6) is 0 Å². The van der Waals surface area contributed by atoms with Crippen LogP contribution in [0.2, 0.25) is 0 Å². The van der Waals surface area contributed by atoms with E-state index in [1.54, 1.807) is 18.2 Å². The second-order valence-corrected chi connectivity index (χ2v) is 8.28. The van der Waals surface area contributed by atoms with E-state index < -0.39 is 11.7 Å². The summed E-state index contributed by atoms with van der Waals surface area (Å²) >= 11 is 0. The molecule has 1 N–H and O–H groups in total. The van der Waals surface area contributed by atoms with Crippen molar-refractivity contribution >= 4 is 23.4 Å². The lowest BCUT2D eigenvalue weighted by Crippen LogP contribution is -2.22. The topological polar surface area (TPSA) is 61.1 Å². The summed E-state index contributed by atoms with van der Waals surface area (Å²) in [5, 5.41) is 12.3. The van der Waals surface area contributed by atoms with Crippen molar-refractivity contribution in [1.82, 2.24) is 4.57 Å². The van der Waals surface area contributed by atoms with Gasteiger partial charge in [-0.25, -0.2) is 4.39 Å². The minimum atomic E-state index is -0.600. The highest BCUT2D eigenvalue weighted by Crippen LogP contribution is 2.31. The zero-order valence-electron chi connectivity index (χ0n) is 18.1. The molecule has 5 nitrogen and oxygen atoms in total. The first kappa shape index (κ1) is 21.6. The molecule has 0 radical (unpaired) electrons. The molecule has 1 aromatic heterocycles. The fourth-order valence-corrected chi connectivity index (χ4v) is 3.96. The summed E-state index contributed by atoms with van der Waals surface area (Å²) in [6.07, 6.45) is 3.67. The third-order valence-electron chi connectivity index (χ3n) is 5.50. The molecule has 30 heavy (non-hydrogen) atoms. The van der Waals surface area contributed by atoms with E-state index in [1.165, 1.54) is 6.07 Å². The lowest BCUT2D eigenvalue weighted by Gasteiger charge is -2.21. The molecule has 3 rings (SSSR count). The van der Waals surface area contributed by atoms with Gasteiger partial charge in [-0.1, -0.05) is 19.9 Å². The van der Waals surface area contributed by atoms with Crippen LogP contribution in [0.3, 0.4) is 0 Å². The fourth-order valence-electron chi connectivity index (χ4n) is 3.96. The van der Waals surface area contributed by atoms with Gasteiger partial charge in [0.05, 0.1) is 5.69 Å². The molecule has 0 saturated carbocycles. The van der Waals surface area contributed by atoms with Gasteiger partial charge in [-0.05, 0) is 62.4 Å². The first-order valence-electron chi connectivity index (χ1n) is 10.4. The normalized spacial score (nSPS) is 14.3. The van der Waals surface area contributed by atoms with E-state index in [9.17, 15) is 14.4 Å². The van der Waals surface area contributed by atoms with Crippen LogP contribution in [0.15, 0.2) is 29.8 Å². The van der Waals surface area contributed by atoms with Gasteiger partial charge in [-0.15, -0.1) is 0 Å². The largest absolute Gasteiger partial charge is 0.370 e. The molecular weight excluding hydrogens is 379 g/mol. The van der Waals surface area contributed by atoms with Crippen LogP contribution in [-0.4, -0.2) is 23.6 Å². The second kappa shape index (κ2) is 9.17. The summed E-state index contributed by atoms with van der Waals surface area (Å²) in [7, 11) is 0. The van der Waals surface area contributed by atoms with Crippen molar-refractivity contribution in [1.29, 1.82) is 5.26 Å². The van der Waals surface area contributed by atoms with Gasteiger partial charge in [0.15, 0.2) is 0 Å². The van der Waals surface area contributed by atoms with Crippen molar-refractivity contribution in [3.8, 4) is 6.07 Å². The van der Waals surface area contributed by atoms with Crippen LogP contribution in [0.1, 0.15) is 43.6 Å². The predicted octanol–water partition coefficient (Wildman–Crippen LogP) is 5.05. The van der Waals surface area contributed by atoms with Crippen LogP contribution < -0.4 is 10.2 Å². The number of aromatic nitrogens is 1. The molecule has 0 unspecified atom stereocenters. The number of halogens is 1. The first-order chi connectivity index (χ1) is 14.3. The summed E-state index contributed by atoms with van der Waals surface area (Å²) in [5.41, 5.74) is 3.66. The number of carbonyl (C=O) groups is 1. The number of carbonyl (C=O) groups excluding carboxylic acids is 1. The molecule has 1 saturated heterocycles. The average molecular weight is 409 g/mol. The van der Waals surface area contributed by atoms with Crippen LogP contribution in [0, 0.1) is 36.9 Å². The lowest BCUT2D eigenvalue weighted by atomic mass is 10.1. The number of benzene rings is 1. The molecule has 1 amide bonds. The summed E-state index contributed by atoms with van der Waals surface area (Å²) in [6.45, 7) is 10.8. The third kappa shape index (κ3) is 4.56. The smallest absolute Gasteiger partial charge is 0.266 e. The summed E-state index contributed by atoms with van der Waals surface area (Å²) in [4.78, 5) is 14.9. The number of anilines is 2. The standard InChI is InChI=1S/C24H29FN4O/c1-16(2)15-29-17(3)12-19(18(29)4)13-20(14-26)24(30)27-23-21(25)8-7-9-22(23)28-10-5-6-11-28/h7-9,12-13,16H,5-6,10-11,15H2,1-4H3,(H,27,30)/b20-13+. The van der Waals surface area contributed by atoms with E-state index in [4.69, 9.17) is 0 Å². The molecular formula is C24H29FN4O. The molecule has 0 bridgehead atoms. The van der Waals surface area contributed by atoms with Crippen LogP contribution in [0.4, 0.5) is 15.8 Å². The molecule has 0 aliphatic carbocycles. The first-order valence-corrected chi connectivity index (χ1v) is 10.4. The predicted molar refractivity (Wildman–Crippen MR) is 119 cm³/mol. The van der Waals surface area contributed by atoms with Crippen molar-refractivity contribution < 1.29 is 9.18 Å². The zero-order valence-corrected chi connectivity index (χ0v) is 18.1. The van der Waals surface area contributed by atoms with Crippen LogP contribution in [0.25, 0.3) is 6.08 Å². The quantitative estimate of drug-likeness (QED) is 0.538. The maximum Gasteiger partial charge on any atom is 0.266 e. The van der Waals surface area contributed by atoms with Crippen molar-refractivity contribution in [2.75, 3.05) is 23.3 Å². The van der Waals surface area contributed by atoms with Crippen molar-refractivity contribution in [2.45, 2.75) is 47.1 Å². The Hall–Kier alpha value is -3.07. The van der Waals surface area contributed by atoms with Gasteiger partial charge in [-0.2, -0.15) is 5.26 Å². The fraction of sp³-hybridized carbons (Fsp3) is 0.417. The number of nitriles is 1. The third-order valence-corrected chi connectivity index (χ3v) is 5.50. The Morgan fingerprint density at radius 3 is 2.63 bits per heavy atom. The summed E-state index contributed by atoms with van der Waals surface area (Å²) in [5.74, 6) is -0.618. The molecule has 1 aliphatic heterocycles. The Bertz CT molecular complexity index is 1010. The minimum Gasteiger partial charge on any atom is -0.370 e. The Balaban J connectivity index is 1.89. The van der Waals surface area contributed by atoms with Gasteiger partial charge in [0, 0.05) is 31.0 Å². The number of amides is 1. The van der Waals surface area contributed by atoms with Gasteiger partial charge < -0.3 is 14.8 Å². The van der Waals surface area contributed by atoms with Crippen molar-refractivity contribution in [3.05, 3.63) is 52.6 Å². The molecule has 1 fully saturated rings. The van der Waals surface area contributed by atoms with Gasteiger partial charge >= 0.3 is 0 Å².